The topological polar surface area (TPSA) is 111 Å². The van der Waals surface area contributed by atoms with Crippen molar-refractivity contribution in [3.63, 3.8) is 0 Å². The maximum absolute atomic E-state index is 11.1. The number of carboxylic acid groups (broad SMARTS) is 1. The molecule has 1 saturated heterocycles. The summed E-state index contributed by atoms with van der Waals surface area (Å²) in [6.07, 6.45) is -0.380. The van der Waals surface area contributed by atoms with Crippen molar-refractivity contribution < 1.29 is 18.3 Å². The molecule has 0 aromatic heterocycles. The van der Waals surface area contributed by atoms with Crippen LogP contribution in [0.5, 0.6) is 0 Å². The second-order valence-electron chi connectivity index (χ2n) is 2.61. The zero-order valence-corrected chi connectivity index (χ0v) is 7.78. The molecule has 0 atom stereocenters. The fourth-order valence-corrected chi connectivity index (χ4v) is 1.96. The maximum atomic E-state index is 11.1. The summed E-state index contributed by atoms with van der Waals surface area (Å²) in [4.78, 5) is 10.1. The van der Waals surface area contributed by atoms with Crippen molar-refractivity contribution in [1.82, 2.24) is 9.03 Å². The Kier molecular flexibility index (Phi) is 2.73. The summed E-state index contributed by atoms with van der Waals surface area (Å²) in [6.45, 7) is 0.131. The fourth-order valence-electron chi connectivity index (χ4n) is 0.934. The number of carbonyl (C=O) groups is 1. The largest absolute Gasteiger partial charge is 0.464 e. The van der Waals surface area contributed by atoms with Crippen LogP contribution in [0.15, 0.2) is 11.6 Å². The summed E-state index contributed by atoms with van der Waals surface area (Å²) in [7, 11) is -3.94. The molecule has 0 aromatic rings. The van der Waals surface area contributed by atoms with Crippen molar-refractivity contribution >= 4 is 16.3 Å². The minimum absolute atomic E-state index is 0.0656. The number of rotatable bonds is 2. The van der Waals surface area contributed by atoms with Crippen molar-refractivity contribution in [3.05, 3.63) is 11.6 Å². The third-order valence-electron chi connectivity index (χ3n) is 1.58. The minimum Gasteiger partial charge on any atom is -0.464 e. The van der Waals surface area contributed by atoms with Crippen molar-refractivity contribution in [2.45, 2.75) is 0 Å². The highest BCUT2D eigenvalue weighted by molar-refractivity contribution is 7.87. The average molecular weight is 217 g/mol. The van der Waals surface area contributed by atoms with Crippen LogP contribution in [0, 0.1) is 11.3 Å². The summed E-state index contributed by atoms with van der Waals surface area (Å²) in [5.74, 6) is 0. The zero-order chi connectivity index (χ0) is 10.8. The van der Waals surface area contributed by atoms with Crippen LogP contribution in [0.1, 0.15) is 0 Å². The second kappa shape index (κ2) is 3.65. The quantitative estimate of drug-likeness (QED) is 0.592. The Balaban J connectivity index is 2.60. The van der Waals surface area contributed by atoms with Crippen LogP contribution in [-0.2, 0) is 10.2 Å². The van der Waals surface area contributed by atoms with Crippen molar-refractivity contribution in [1.29, 1.82) is 5.26 Å². The van der Waals surface area contributed by atoms with Crippen LogP contribution in [0.2, 0.25) is 0 Å². The highest BCUT2D eigenvalue weighted by Gasteiger charge is 2.32. The predicted molar refractivity (Wildman–Crippen MR) is 45.3 cm³/mol. The van der Waals surface area contributed by atoms with E-state index in [1.807, 2.05) is 0 Å². The minimum atomic E-state index is -3.94. The number of nitriles is 1. The second-order valence-corrected chi connectivity index (χ2v) is 4.28. The molecule has 0 bridgehead atoms. The Morgan fingerprint density at radius 2 is 2.21 bits per heavy atom. The molecule has 1 fully saturated rings. The van der Waals surface area contributed by atoms with E-state index >= 15 is 0 Å². The van der Waals surface area contributed by atoms with E-state index in [0.29, 0.717) is 5.57 Å². The van der Waals surface area contributed by atoms with Crippen LogP contribution < -0.4 is 4.72 Å². The van der Waals surface area contributed by atoms with E-state index in [0.717, 1.165) is 4.31 Å². The molecule has 7 nitrogen and oxygen atoms in total. The van der Waals surface area contributed by atoms with E-state index in [2.05, 4.69) is 0 Å². The number of hydrogen-bond acceptors (Lipinski definition) is 4. The molecular weight excluding hydrogens is 210 g/mol. The van der Waals surface area contributed by atoms with Crippen LogP contribution in [0.4, 0.5) is 4.79 Å². The van der Waals surface area contributed by atoms with E-state index in [4.69, 9.17) is 10.4 Å². The monoisotopic (exact) mass is 217 g/mol. The lowest BCUT2D eigenvalue weighted by atomic mass is 10.1. The van der Waals surface area contributed by atoms with Gasteiger partial charge in [-0.05, 0) is 5.57 Å². The van der Waals surface area contributed by atoms with Crippen LogP contribution >= 0.6 is 0 Å². The first-order valence-corrected chi connectivity index (χ1v) is 4.98. The molecule has 76 valence electrons. The molecule has 1 rings (SSSR count). The van der Waals surface area contributed by atoms with Crippen molar-refractivity contribution in [3.8, 4) is 6.07 Å². The van der Waals surface area contributed by atoms with Crippen LogP contribution in [0.3, 0.4) is 0 Å². The first-order valence-electron chi connectivity index (χ1n) is 3.54. The summed E-state index contributed by atoms with van der Waals surface area (Å²) < 4.78 is 24.5. The molecule has 0 saturated carbocycles. The van der Waals surface area contributed by atoms with E-state index in [9.17, 15) is 13.2 Å². The third kappa shape index (κ3) is 2.21. The summed E-state index contributed by atoms with van der Waals surface area (Å²) >= 11 is 0. The highest BCUT2D eigenvalue weighted by Crippen LogP contribution is 2.16. The Bertz CT molecular complexity index is 411. The zero-order valence-electron chi connectivity index (χ0n) is 6.97. The number of nitrogens with zero attached hydrogens (tertiary/aromatic N) is 2. The van der Waals surface area contributed by atoms with Gasteiger partial charge in [0.05, 0.1) is 6.07 Å². The fraction of sp³-hybridized carbons (Fsp3) is 0.333. The first kappa shape index (κ1) is 10.5. The Morgan fingerprint density at radius 3 is 2.64 bits per heavy atom. The lowest BCUT2D eigenvalue weighted by molar-refractivity contribution is 0.200. The molecule has 0 aromatic carbocycles. The van der Waals surface area contributed by atoms with Gasteiger partial charge >= 0.3 is 16.3 Å². The molecule has 1 heterocycles. The van der Waals surface area contributed by atoms with Gasteiger partial charge < -0.3 is 5.11 Å². The molecule has 2 N–H and O–H groups in total. The van der Waals surface area contributed by atoms with Crippen molar-refractivity contribution in [2.24, 2.45) is 0 Å². The van der Waals surface area contributed by atoms with Crippen molar-refractivity contribution in [2.75, 3.05) is 13.1 Å². The van der Waals surface area contributed by atoms with E-state index in [-0.39, 0.29) is 13.1 Å². The van der Waals surface area contributed by atoms with Gasteiger partial charge in [0.25, 0.3) is 0 Å². The Morgan fingerprint density at radius 1 is 1.64 bits per heavy atom. The van der Waals surface area contributed by atoms with E-state index < -0.39 is 16.3 Å². The Hall–Kier alpha value is -1.59. The SMILES string of the molecule is N#CC=C1CN(S(=O)(=O)NC(=O)O)C1. The average Bonchev–Trinajstić information content (AvgIpc) is 1.92. The van der Waals surface area contributed by atoms with Gasteiger partial charge in [0.1, 0.15) is 0 Å². The lowest BCUT2D eigenvalue weighted by Gasteiger charge is -2.31. The van der Waals surface area contributed by atoms with Crippen LogP contribution in [-0.4, -0.2) is 37.0 Å². The molecule has 0 spiro atoms. The van der Waals surface area contributed by atoms with Gasteiger partial charge in [-0.1, -0.05) is 0 Å². The van der Waals surface area contributed by atoms with E-state index in [1.54, 1.807) is 6.07 Å². The molecule has 0 unspecified atom stereocenters. The van der Waals surface area contributed by atoms with Gasteiger partial charge in [-0.15, -0.1) is 0 Å². The van der Waals surface area contributed by atoms with Gasteiger partial charge in [0.15, 0.2) is 0 Å². The standard InChI is InChI=1S/C6H7N3O4S/c7-2-1-5-3-9(4-5)14(12,13)8-6(10)11/h1,8H,3-4H2,(H,10,11). The molecule has 1 aliphatic heterocycles. The van der Waals surface area contributed by atoms with Crippen LogP contribution in [0.25, 0.3) is 0 Å². The maximum Gasteiger partial charge on any atom is 0.419 e. The molecule has 0 radical (unpaired) electrons. The molecular formula is C6H7N3O4S. The summed E-state index contributed by atoms with van der Waals surface area (Å²) in [5.41, 5.74) is 0.656. The van der Waals surface area contributed by atoms with Gasteiger partial charge in [0, 0.05) is 19.2 Å². The van der Waals surface area contributed by atoms with E-state index in [1.165, 1.54) is 10.8 Å². The molecule has 1 amide bonds. The number of allylic oxidation sites excluding steroid dienone is 1. The highest BCUT2D eigenvalue weighted by atomic mass is 32.2. The lowest BCUT2D eigenvalue weighted by Crippen LogP contribution is -2.50. The summed E-state index contributed by atoms with van der Waals surface area (Å²) in [5, 5.41) is 16.4. The van der Waals surface area contributed by atoms with Gasteiger partial charge in [-0.3, -0.25) is 0 Å². The predicted octanol–water partition coefficient (Wildman–Crippen LogP) is -0.736. The normalized spacial score (nSPS) is 16.6. The molecule has 0 aliphatic carbocycles. The number of hydrogen-bond donors (Lipinski definition) is 2. The molecule has 14 heavy (non-hydrogen) atoms. The smallest absolute Gasteiger partial charge is 0.419 e. The number of nitrogens with one attached hydrogen (secondary N) is 1. The molecule has 1 aliphatic rings. The van der Waals surface area contributed by atoms with Gasteiger partial charge in [0.2, 0.25) is 0 Å². The first-order chi connectivity index (χ1) is 6.45. The third-order valence-corrected chi connectivity index (χ3v) is 2.95. The Labute approximate surface area is 80.4 Å². The summed E-state index contributed by atoms with van der Waals surface area (Å²) in [6, 6.07) is 1.76. The van der Waals surface area contributed by atoms with Gasteiger partial charge in [-0.25, -0.2) is 9.52 Å². The number of amides is 1. The molecule has 8 heteroatoms. The van der Waals surface area contributed by atoms with Gasteiger partial charge in [-0.2, -0.15) is 18.0 Å².